The predicted molar refractivity (Wildman–Crippen MR) is 62.2 cm³/mol. The average Bonchev–Trinajstić information content (AvgIpc) is 2.80. The van der Waals surface area contributed by atoms with Gasteiger partial charge in [-0.2, -0.15) is 0 Å². The van der Waals surface area contributed by atoms with E-state index in [0.29, 0.717) is 6.04 Å². The highest BCUT2D eigenvalue weighted by atomic mass is 16.5. The maximum atomic E-state index is 11.7. The number of morpholine rings is 1. The number of nitrogens with zero attached hydrogens (tertiary/aromatic N) is 2. The Morgan fingerprint density at radius 1 is 1.31 bits per heavy atom. The van der Waals surface area contributed by atoms with E-state index in [0.717, 1.165) is 45.8 Å². The van der Waals surface area contributed by atoms with Crippen LogP contribution < -0.4 is 0 Å². The molecular formula is C12H20N2O2. The number of ether oxygens (including phenoxy) is 1. The van der Waals surface area contributed by atoms with Crippen molar-refractivity contribution in [1.29, 1.82) is 0 Å². The quantitative estimate of drug-likeness (QED) is 0.640. The summed E-state index contributed by atoms with van der Waals surface area (Å²) < 4.78 is 5.34. The van der Waals surface area contributed by atoms with E-state index in [-0.39, 0.29) is 5.91 Å². The smallest absolute Gasteiger partial charge is 0.246 e. The molecule has 0 saturated carbocycles. The molecule has 0 N–H and O–H groups in total. The molecule has 0 aromatic rings. The van der Waals surface area contributed by atoms with Crippen LogP contribution in [0.15, 0.2) is 12.2 Å². The van der Waals surface area contributed by atoms with Crippen LogP contribution >= 0.6 is 0 Å². The molecule has 1 atom stereocenters. The van der Waals surface area contributed by atoms with E-state index >= 15 is 0 Å². The first-order valence-electron chi connectivity index (χ1n) is 6.04. The van der Waals surface area contributed by atoms with Crippen LogP contribution in [0.2, 0.25) is 0 Å². The van der Waals surface area contributed by atoms with Crippen LogP contribution in [-0.2, 0) is 9.53 Å². The summed E-state index contributed by atoms with van der Waals surface area (Å²) in [5, 5.41) is 0. The summed E-state index contributed by atoms with van der Waals surface area (Å²) in [5.41, 5.74) is 0. The normalized spacial score (nSPS) is 27.8. The van der Waals surface area contributed by atoms with Crippen molar-refractivity contribution in [2.45, 2.75) is 19.4 Å². The lowest BCUT2D eigenvalue weighted by Crippen LogP contribution is -2.45. The Morgan fingerprint density at radius 2 is 2.06 bits per heavy atom. The Labute approximate surface area is 96.8 Å². The highest BCUT2D eigenvalue weighted by Gasteiger charge is 2.30. The van der Waals surface area contributed by atoms with E-state index in [1.165, 1.54) is 0 Å². The molecule has 2 aliphatic heterocycles. The molecule has 0 spiro atoms. The molecule has 2 heterocycles. The lowest BCUT2D eigenvalue weighted by molar-refractivity contribution is -0.125. The third-order valence-corrected chi connectivity index (χ3v) is 3.35. The third-order valence-electron chi connectivity index (χ3n) is 3.35. The first kappa shape index (κ1) is 11.6. The Morgan fingerprint density at radius 3 is 2.75 bits per heavy atom. The molecule has 0 aromatic carbocycles. The van der Waals surface area contributed by atoms with Gasteiger partial charge in [-0.15, -0.1) is 0 Å². The molecule has 4 nitrogen and oxygen atoms in total. The van der Waals surface area contributed by atoms with Gasteiger partial charge in [-0.1, -0.05) is 6.08 Å². The zero-order valence-corrected chi connectivity index (χ0v) is 9.89. The molecule has 1 unspecified atom stereocenters. The van der Waals surface area contributed by atoms with Gasteiger partial charge >= 0.3 is 0 Å². The second kappa shape index (κ2) is 5.46. The van der Waals surface area contributed by atoms with Crippen LogP contribution in [-0.4, -0.2) is 61.1 Å². The van der Waals surface area contributed by atoms with Gasteiger partial charge in [-0.05, 0) is 19.4 Å². The fourth-order valence-corrected chi connectivity index (χ4v) is 2.43. The van der Waals surface area contributed by atoms with Crippen LogP contribution in [0, 0.1) is 0 Å². The fourth-order valence-electron chi connectivity index (χ4n) is 2.43. The lowest BCUT2D eigenvalue weighted by atomic mass is 10.2. The summed E-state index contributed by atoms with van der Waals surface area (Å²) in [4.78, 5) is 16.1. The van der Waals surface area contributed by atoms with Crippen LogP contribution in [0.3, 0.4) is 0 Å². The van der Waals surface area contributed by atoms with E-state index in [2.05, 4.69) is 4.90 Å². The highest BCUT2D eigenvalue weighted by molar-refractivity contribution is 5.87. The highest BCUT2D eigenvalue weighted by Crippen LogP contribution is 2.17. The number of carbonyl (C=O) groups excluding carboxylic acids is 1. The van der Waals surface area contributed by atoms with E-state index in [1.807, 2.05) is 17.9 Å². The van der Waals surface area contributed by atoms with Crippen molar-refractivity contribution in [2.75, 3.05) is 39.4 Å². The summed E-state index contributed by atoms with van der Waals surface area (Å²) in [6, 6.07) is 0.540. The minimum Gasteiger partial charge on any atom is -0.379 e. The van der Waals surface area contributed by atoms with E-state index in [1.54, 1.807) is 6.08 Å². The molecule has 90 valence electrons. The van der Waals surface area contributed by atoms with Crippen LogP contribution in [0.5, 0.6) is 0 Å². The molecule has 4 heteroatoms. The van der Waals surface area contributed by atoms with Gasteiger partial charge in [-0.25, -0.2) is 0 Å². The van der Waals surface area contributed by atoms with E-state index in [9.17, 15) is 4.79 Å². The SMILES string of the molecule is C/C=C/C(=O)N1CCC(N2CCOCC2)C1. The number of rotatable bonds is 2. The van der Waals surface area contributed by atoms with Gasteiger partial charge in [0.2, 0.25) is 5.91 Å². The van der Waals surface area contributed by atoms with Gasteiger partial charge in [-0.3, -0.25) is 9.69 Å². The molecule has 0 radical (unpaired) electrons. The molecule has 0 bridgehead atoms. The van der Waals surface area contributed by atoms with E-state index in [4.69, 9.17) is 4.74 Å². The van der Waals surface area contributed by atoms with Crippen molar-refractivity contribution in [2.24, 2.45) is 0 Å². The molecule has 2 fully saturated rings. The molecule has 16 heavy (non-hydrogen) atoms. The monoisotopic (exact) mass is 224 g/mol. The number of hydrogen-bond acceptors (Lipinski definition) is 3. The number of allylic oxidation sites excluding steroid dienone is 1. The minimum absolute atomic E-state index is 0.151. The summed E-state index contributed by atoms with van der Waals surface area (Å²) in [6.07, 6.45) is 4.56. The maximum absolute atomic E-state index is 11.7. The first-order chi connectivity index (χ1) is 7.81. The predicted octanol–water partition coefficient (Wildman–Crippen LogP) is 0.496. The Kier molecular flexibility index (Phi) is 3.96. The molecule has 0 aromatic heterocycles. The average molecular weight is 224 g/mol. The minimum atomic E-state index is 0.151. The Hall–Kier alpha value is -0.870. The Balaban J connectivity index is 1.84. The second-order valence-corrected chi connectivity index (χ2v) is 4.38. The van der Waals surface area contributed by atoms with Gasteiger partial charge < -0.3 is 9.64 Å². The van der Waals surface area contributed by atoms with Crippen LogP contribution in [0.1, 0.15) is 13.3 Å². The molecular weight excluding hydrogens is 204 g/mol. The van der Waals surface area contributed by atoms with Crippen molar-refractivity contribution < 1.29 is 9.53 Å². The van der Waals surface area contributed by atoms with Crippen molar-refractivity contribution >= 4 is 5.91 Å². The lowest BCUT2D eigenvalue weighted by Gasteiger charge is -2.31. The zero-order valence-electron chi connectivity index (χ0n) is 9.89. The molecule has 2 rings (SSSR count). The standard InChI is InChI=1S/C12H20N2O2/c1-2-3-12(15)14-5-4-11(10-14)13-6-8-16-9-7-13/h2-3,11H,4-10H2,1H3/b3-2+. The van der Waals surface area contributed by atoms with Crippen molar-refractivity contribution in [3.8, 4) is 0 Å². The molecule has 2 saturated heterocycles. The summed E-state index contributed by atoms with van der Waals surface area (Å²) in [7, 11) is 0. The molecule has 0 aliphatic carbocycles. The second-order valence-electron chi connectivity index (χ2n) is 4.38. The summed E-state index contributed by atoms with van der Waals surface area (Å²) in [5.74, 6) is 0.151. The first-order valence-corrected chi connectivity index (χ1v) is 6.04. The van der Waals surface area contributed by atoms with E-state index < -0.39 is 0 Å². The Bertz CT molecular complexity index is 272. The van der Waals surface area contributed by atoms with Gasteiger partial charge in [0.05, 0.1) is 13.2 Å². The summed E-state index contributed by atoms with van der Waals surface area (Å²) >= 11 is 0. The van der Waals surface area contributed by atoms with Gasteiger partial charge in [0, 0.05) is 32.2 Å². The van der Waals surface area contributed by atoms with Crippen LogP contribution in [0.25, 0.3) is 0 Å². The third kappa shape index (κ3) is 2.62. The molecule has 1 amide bonds. The number of hydrogen-bond donors (Lipinski definition) is 0. The topological polar surface area (TPSA) is 32.8 Å². The zero-order chi connectivity index (χ0) is 11.4. The van der Waals surface area contributed by atoms with Gasteiger partial charge in [0.15, 0.2) is 0 Å². The number of carbonyl (C=O) groups is 1. The largest absolute Gasteiger partial charge is 0.379 e. The fraction of sp³-hybridized carbons (Fsp3) is 0.750. The van der Waals surface area contributed by atoms with Crippen molar-refractivity contribution in [3.05, 3.63) is 12.2 Å². The van der Waals surface area contributed by atoms with Crippen LogP contribution in [0.4, 0.5) is 0 Å². The maximum Gasteiger partial charge on any atom is 0.246 e. The number of amides is 1. The van der Waals surface area contributed by atoms with Gasteiger partial charge in [0.25, 0.3) is 0 Å². The van der Waals surface area contributed by atoms with Crippen molar-refractivity contribution in [1.82, 2.24) is 9.80 Å². The molecule has 2 aliphatic rings. The summed E-state index contributed by atoms with van der Waals surface area (Å²) in [6.45, 7) is 7.34. The van der Waals surface area contributed by atoms with Crippen molar-refractivity contribution in [3.63, 3.8) is 0 Å². The van der Waals surface area contributed by atoms with Gasteiger partial charge in [0.1, 0.15) is 0 Å². The number of likely N-dealkylation sites (tertiary alicyclic amines) is 1.